The fraction of sp³-hybridized carbons (Fsp3) is 0.462. The second kappa shape index (κ2) is 17.3. The summed E-state index contributed by atoms with van der Waals surface area (Å²) in [5.41, 5.74) is 2.57. The molecule has 0 aromatic heterocycles. The van der Waals surface area contributed by atoms with Crippen LogP contribution in [0.25, 0.3) is 0 Å². The van der Waals surface area contributed by atoms with Crippen molar-refractivity contribution in [1.29, 1.82) is 10.5 Å². The molecule has 2 aromatic carbocycles. The highest BCUT2D eigenvalue weighted by Crippen LogP contribution is 2.19. The van der Waals surface area contributed by atoms with Crippen LogP contribution in [0.5, 0.6) is 5.75 Å². The summed E-state index contributed by atoms with van der Waals surface area (Å²) in [7, 11) is 0. The second-order valence-electron chi connectivity index (χ2n) is 7.17. The van der Waals surface area contributed by atoms with Gasteiger partial charge in [-0.15, -0.1) is 5.26 Å². The van der Waals surface area contributed by atoms with E-state index in [1.54, 1.807) is 6.26 Å². The lowest BCUT2D eigenvalue weighted by molar-refractivity contribution is 0.498. The first-order chi connectivity index (χ1) is 14.3. The summed E-state index contributed by atoms with van der Waals surface area (Å²) in [6.07, 6.45) is 14.4. The number of nitrogens with zero attached hydrogens (tertiary/aromatic N) is 2. The van der Waals surface area contributed by atoms with Crippen molar-refractivity contribution in [2.75, 3.05) is 0 Å². The van der Waals surface area contributed by atoms with Gasteiger partial charge in [-0.3, -0.25) is 0 Å². The average molecular weight is 391 g/mol. The molecular formula is C26H34N2O. The SMILES string of the molecule is CCCCc1ccccc1OC#N.N#CCCCCCCCCc1ccccc1. The van der Waals surface area contributed by atoms with E-state index in [0.717, 1.165) is 37.7 Å². The topological polar surface area (TPSA) is 56.8 Å². The Morgan fingerprint density at radius 2 is 1.38 bits per heavy atom. The lowest BCUT2D eigenvalue weighted by Crippen LogP contribution is -1.90. The molecule has 0 radical (unpaired) electrons. The van der Waals surface area contributed by atoms with Crippen LogP contribution in [-0.4, -0.2) is 0 Å². The highest BCUT2D eigenvalue weighted by molar-refractivity contribution is 5.34. The maximum absolute atomic E-state index is 8.40. The molecule has 3 heteroatoms. The molecule has 2 rings (SSSR count). The minimum absolute atomic E-state index is 0.693. The number of aryl methyl sites for hydroxylation is 2. The van der Waals surface area contributed by atoms with Crippen LogP contribution in [0.15, 0.2) is 54.6 Å². The lowest BCUT2D eigenvalue weighted by atomic mass is 10.0. The van der Waals surface area contributed by atoms with Gasteiger partial charge in [0, 0.05) is 6.42 Å². The van der Waals surface area contributed by atoms with Crippen LogP contribution < -0.4 is 4.74 Å². The number of rotatable bonds is 12. The predicted octanol–water partition coefficient (Wildman–Crippen LogP) is 7.37. The minimum Gasteiger partial charge on any atom is -0.388 e. The molecule has 0 bridgehead atoms. The fourth-order valence-corrected chi connectivity index (χ4v) is 3.11. The lowest BCUT2D eigenvalue weighted by Gasteiger charge is -2.04. The molecule has 0 saturated carbocycles. The molecule has 2 aromatic rings. The molecule has 0 saturated heterocycles. The van der Waals surface area contributed by atoms with Gasteiger partial charge in [-0.2, -0.15) is 5.26 Å². The van der Waals surface area contributed by atoms with E-state index in [4.69, 9.17) is 15.3 Å². The molecule has 0 N–H and O–H groups in total. The van der Waals surface area contributed by atoms with Crippen LogP contribution in [0.3, 0.4) is 0 Å². The Morgan fingerprint density at radius 1 is 0.724 bits per heavy atom. The maximum Gasteiger partial charge on any atom is 0.292 e. The summed E-state index contributed by atoms with van der Waals surface area (Å²) in [6.45, 7) is 2.15. The standard InChI is InChI=1S/C15H21N.C11H13NO/c16-14-10-5-3-1-2-4-7-11-15-12-8-6-9-13-15;1-2-3-6-10-7-4-5-8-11(10)13-9-12/h6,8-9,12-13H,1-5,7,10-11H2;4-5,7-8H,2-3,6H2,1H3. The third-order valence-electron chi connectivity index (χ3n) is 4.77. The van der Waals surface area contributed by atoms with E-state index in [1.807, 2.05) is 24.3 Å². The van der Waals surface area contributed by atoms with E-state index >= 15 is 0 Å². The smallest absolute Gasteiger partial charge is 0.292 e. The third-order valence-corrected chi connectivity index (χ3v) is 4.77. The third kappa shape index (κ3) is 12.3. The monoisotopic (exact) mass is 390 g/mol. The van der Waals surface area contributed by atoms with Gasteiger partial charge in [-0.25, -0.2) is 0 Å². The van der Waals surface area contributed by atoms with Crippen LogP contribution in [-0.2, 0) is 12.8 Å². The second-order valence-corrected chi connectivity index (χ2v) is 7.17. The van der Waals surface area contributed by atoms with Crippen LogP contribution in [0.1, 0.15) is 75.8 Å². The van der Waals surface area contributed by atoms with E-state index in [1.165, 1.54) is 44.1 Å². The van der Waals surface area contributed by atoms with Gasteiger partial charge in [-0.1, -0.05) is 87.6 Å². The highest BCUT2D eigenvalue weighted by atomic mass is 16.5. The normalized spacial score (nSPS) is 9.62. The molecule has 0 heterocycles. The first-order valence-electron chi connectivity index (χ1n) is 10.9. The molecule has 3 nitrogen and oxygen atoms in total. The number of para-hydroxylation sites is 1. The van der Waals surface area contributed by atoms with Crippen LogP contribution in [0.2, 0.25) is 0 Å². The van der Waals surface area contributed by atoms with Gasteiger partial charge in [0.05, 0.1) is 6.07 Å². The Labute approximate surface area is 177 Å². The molecule has 0 fully saturated rings. The maximum atomic E-state index is 8.40. The van der Waals surface area contributed by atoms with E-state index in [9.17, 15) is 0 Å². The molecule has 0 aliphatic rings. The summed E-state index contributed by atoms with van der Waals surface area (Å²) >= 11 is 0. The number of ether oxygens (including phenoxy) is 1. The number of hydrogen-bond donors (Lipinski definition) is 0. The number of benzene rings is 2. The van der Waals surface area contributed by atoms with Gasteiger partial charge >= 0.3 is 0 Å². The first-order valence-corrected chi connectivity index (χ1v) is 10.9. The van der Waals surface area contributed by atoms with Gasteiger partial charge in [0.2, 0.25) is 0 Å². The quantitative estimate of drug-likeness (QED) is 0.281. The summed E-state index contributed by atoms with van der Waals surface area (Å²) in [6, 6.07) is 20.6. The Balaban J connectivity index is 0.000000296. The summed E-state index contributed by atoms with van der Waals surface area (Å²) in [5, 5.41) is 16.8. The molecule has 154 valence electrons. The van der Waals surface area contributed by atoms with E-state index in [-0.39, 0.29) is 0 Å². The zero-order valence-electron chi connectivity index (χ0n) is 17.8. The van der Waals surface area contributed by atoms with Crippen molar-refractivity contribution < 1.29 is 4.74 Å². The van der Waals surface area contributed by atoms with Crippen molar-refractivity contribution in [1.82, 2.24) is 0 Å². The summed E-state index contributed by atoms with van der Waals surface area (Å²) in [4.78, 5) is 0. The molecule has 29 heavy (non-hydrogen) atoms. The van der Waals surface area contributed by atoms with E-state index in [2.05, 4.69) is 43.3 Å². The van der Waals surface area contributed by atoms with Crippen LogP contribution in [0.4, 0.5) is 0 Å². The molecular weight excluding hydrogens is 356 g/mol. The van der Waals surface area contributed by atoms with Gasteiger partial charge in [0.15, 0.2) is 0 Å². The molecule has 0 aliphatic heterocycles. The zero-order valence-corrected chi connectivity index (χ0v) is 17.8. The van der Waals surface area contributed by atoms with Crippen LogP contribution in [0, 0.1) is 22.8 Å². The fourth-order valence-electron chi connectivity index (χ4n) is 3.11. The van der Waals surface area contributed by atoms with Crippen molar-refractivity contribution in [2.24, 2.45) is 0 Å². The molecule has 0 unspecified atom stereocenters. The Bertz CT molecular complexity index is 728. The van der Waals surface area contributed by atoms with E-state index in [0.29, 0.717) is 5.75 Å². The van der Waals surface area contributed by atoms with Crippen molar-refractivity contribution in [3.05, 3.63) is 65.7 Å². The van der Waals surface area contributed by atoms with Gasteiger partial charge in [-0.05, 0) is 49.3 Å². The largest absolute Gasteiger partial charge is 0.388 e. The van der Waals surface area contributed by atoms with Crippen LogP contribution >= 0.6 is 0 Å². The summed E-state index contributed by atoms with van der Waals surface area (Å²) in [5.74, 6) is 0.693. The Kier molecular flexibility index (Phi) is 14.5. The predicted molar refractivity (Wildman–Crippen MR) is 119 cm³/mol. The molecule has 0 amide bonds. The number of hydrogen-bond acceptors (Lipinski definition) is 3. The van der Waals surface area contributed by atoms with E-state index < -0.39 is 0 Å². The minimum atomic E-state index is 0.693. The zero-order chi connectivity index (χ0) is 21.0. The molecule has 0 atom stereocenters. The van der Waals surface area contributed by atoms with Gasteiger partial charge in [0.1, 0.15) is 5.75 Å². The van der Waals surface area contributed by atoms with Crippen molar-refractivity contribution in [3.63, 3.8) is 0 Å². The number of nitriles is 2. The summed E-state index contributed by atoms with van der Waals surface area (Å²) < 4.78 is 4.84. The van der Waals surface area contributed by atoms with Gasteiger partial charge < -0.3 is 4.74 Å². The first kappa shape index (κ1) is 24.3. The number of unbranched alkanes of at least 4 members (excludes halogenated alkanes) is 7. The Hall–Kier alpha value is -2.78. The molecule has 0 aliphatic carbocycles. The molecule has 0 spiro atoms. The van der Waals surface area contributed by atoms with Crippen molar-refractivity contribution in [3.8, 4) is 18.1 Å². The van der Waals surface area contributed by atoms with Crippen molar-refractivity contribution in [2.45, 2.75) is 77.6 Å². The van der Waals surface area contributed by atoms with Crippen molar-refractivity contribution >= 4 is 0 Å². The average Bonchev–Trinajstić information content (AvgIpc) is 2.76. The Morgan fingerprint density at radius 3 is 2.07 bits per heavy atom. The highest BCUT2D eigenvalue weighted by Gasteiger charge is 2.01. The van der Waals surface area contributed by atoms with Gasteiger partial charge in [0.25, 0.3) is 6.26 Å².